The molecule has 1 aliphatic rings. The van der Waals surface area contributed by atoms with Crippen molar-refractivity contribution in [3.05, 3.63) is 48.0 Å². The Balaban J connectivity index is 2.06. The number of amides is 2. The van der Waals surface area contributed by atoms with Crippen molar-refractivity contribution in [3.63, 3.8) is 0 Å². The molecule has 2 aromatic rings. The minimum Gasteiger partial charge on any atom is -0.320 e. The Kier molecular flexibility index (Phi) is 3.13. The van der Waals surface area contributed by atoms with E-state index >= 15 is 0 Å². The van der Waals surface area contributed by atoms with E-state index in [1.165, 1.54) is 16.3 Å². The second-order valence-corrected chi connectivity index (χ2v) is 5.72. The first kappa shape index (κ1) is 13.0. The molecule has 1 heterocycles. The number of nitrogens with zero attached hydrogens (tertiary/aromatic N) is 2. The fraction of sp³-hybridized carbons (Fsp3) is 0.353. The summed E-state index contributed by atoms with van der Waals surface area (Å²) in [7, 11) is 1.90. The lowest BCUT2D eigenvalue weighted by Crippen LogP contribution is -2.34. The average molecular weight is 268 g/mol. The summed E-state index contributed by atoms with van der Waals surface area (Å²) in [6, 6.07) is 15.2. The molecule has 0 bridgehead atoms. The zero-order valence-corrected chi connectivity index (χ0v) is 12.2. The lowest BCUT2D eigenvalue weighted by molar-refractivity contribution is 0.187. The molecule has 0 spiro atoms. The first-order valence-corrected chi connectivity index (χ1v) is 7.10. The smallest absolute Gasteiger partial charge is 0.320 e. The summed E-state index contributed by atoms with van der Waals surface area (Å²) in [6.07, 6.45) is 0. The monoisotopic (exact) mass is 268 g/mol. The van der Waals surface area contributed by atoms with E-state index < -0.39 is 0 Å². The maximum Gasteiger partial charge on any atom is 0.320 e. The van der Waals surface area contributed by atoms with Gasteiger partial charge in [-0.15, -0.1) is 0 Å². The van der Waals surface area contributed by atoms with Crippen LogP contribution in [0.5, 0.6) is 0 Å². The summed E-state index contributed by atoms with van der Waals surface area (Å²) in [5.74, 6) is 0. The Morgan fingerprint density at radius 2 is 1.80 bits per heavy atom. The third-order valence-electron chi connectivity index (χ3n) is 4.19. The topological polar surface area (TPSA) is 23.6 Å². The summed E-state index contributed by atoms with van der Waals surface area (Å²) in [4.78, 5) is 16.1. The van der Waals surface area contributed by atoms with E-state index in [9.17, 15) is 4.79 Å². The molecule has 1 saturated heterocycles. The van der Waals surface area contributed by atoms with Gasteiger partial charge < -0.3 is 9.80 Å². The highest BCUT2D eigenvalue weighted by Crippen LogP contribution is 2.33. The zero-order chi connectivity index (χ0) is 14.3. The number of urea groups is 1. The third-order valence-corrected chi connectivity index (χ3v) is 4.19. The van der Waals surface area contributed by atoms with Crippen LogP contribution in [0.15, 0.2) is 42.5 Å². The Labute approximate surface area is 119 Å². The van der Waals surface area contributed by atoms with Gasteiger partial charge in [0.1, 0.15) is 0 Å². The SMILES string of the molecule is CC(C)N1CC(c2cccc3ccccc23)N(C)C1=O. The molecule has 1 atom stereocenters. The summed E-state index contributed by atoms with van der Waals surface area (Å²) in [5.41, 5.74) is 1.24. The van der Waals surface area contributed by atoms with E-state index in [4.69, 9.17) is 0 Å². The maximum atomic E-state index is 12.3. The van der Waals surface area contributed by atoms with Crippen LogP contribution < -0.4 is 0 Å². The van der Waals surface area contributed by atoms with Crippen molar-refractivity contribution in [2.75, 3.05) is 13.6 Å². The van der Waals surface area contributed by atoms with E-state index in [2.05, 4.69) is 56.3 Å². The van der Waals surface area contributed by atoms with Crippen molar-refractivity contribution < 1.29 is 4.79 Å². The molecule has 20 heavy (non-hydrogen) atoms. The van der Waals surface area contributed by atoms with Gasteiger partial charge in [0, 0.05) is 19.6 Å². The maximum absolute atomic E-state index is 12.3. The molecule has 2 amide bonds. The molecule has 3 heteroatoms. The first-order chi connectivity index (χ1) is 9.59. The molecule has 104 valence electrons. The van der Waals surface area contributed by atoms with E-state index in [-0.39, 0.29) is 18.1 Å². The lowest BCUT2D eigenvalue weighted by atomic mass is 9.98. The van der Waals surface area contributed by atoms with Crippen molar-refractivity contribution >= 4 is 16.8 Å². The van der Waals surface area contributed by atoms with Crippen LogP contribution in [-0.4, -0.2) is 35.5 Å². The fourth-order valence-electron chi connectivity index (χ4n) is 3.00. The van der Waals surface area contributed by atoms with E-state index in [0.717, 1.165) is 6.54 Å². The number of rotatable bonds is 2. The standard InChI is InChI=1S/C17H20N2O/c1-12(2)19-11-16(18(3)17(19)20)15-10-6-8-13-7-4-5-9-14(13)15/h4-10,12,16H,11H2,1-3H3. The second kappa shape index (κ2) is 4.82. The lowest BCUT2D eigenvalue weighted by Gasteiger charge is -2.19. The molecule has 3 nitrogen and oxygen atoms in total. The molecule has 2 aromatic carbocycles. The van der Waals surface area contributed by atoms with Crippen molar-refractivity contribution in [1.82, 2.24) is 9.80 Å². The molecule has 0 radical (unpaired) electrons. The number of carbonyl (C=O) groups excluding carboxylic acids is 1. The predicted molar refractivity (Wildman–Crippen MR) is 81.7 cm³/mol. The molecule has 0 saturated carbocycles. The summed E-state index contributed by atoms with van der Waals surface area (Å²) >= 11 is 0. The highest BCUT2D eigenvalue weighted by Gasteiger charge is 2.37. The van der Waals surface area contributed by atoms with Gasteiger partial charge in [0.15, 0.2) is 0 Å². The first-order valence-electron chi connectivity index (χ1n) is 7.10. The van der Waals surface area contributed by atoms with E-state index in [1.807, 2.05) is 16.8 Å². The molecule has 1 aliphatic heterocycles. The van der Waals surface area contributed by atoms with Gasteiger partial charge in [0.2, 0.25) is 0 Å². The number of hydrogen-bond acceptors (Lipinski definition) is 1. The Morgan fingerprint density at radius 3 is 2.50 bits per heavy atom. The van der Waals surface area contributed by atoms with Gasteiger partial charge in [-0.2, -0.15) is 0 Å². The molecule has 0 aromatic heterocycles. The molecule has 0 aliphatic carbocycles. The van der Waals surface area contributed by atoms with Crippen molar-refractivity contribution in [1.29, 1.82) is 0 Å². The quantitative estimate of drug-likeness (QED) is 0.815. The van der Waals surface area contributed by atoms with Gasteiger partial charge in [-0.05, 0) is 30.2 Å². The summed E-state index contributed by atoms with van der Waals surface area (Å²) in [6.45, 7) is 4.90. The molecule has 0 N–H and O–H groups in total. The van der Waals surface area contributed by atoms with E-state index in [0.29, 0.717) is 0 Å². The summed E-state index contributed by atoms with van der Waals surface area (Å²) in [5, 5.41) is 2.47. The Bertz CT molecular complexity index is 645. The Morgan fingerprint density at radius 1 is 1.10 bits per heavy atom. The van der Waals surface area contributed by atoms with Crippen LogP contribution >= 0.6 is 0 Å². The van der Waals surface area contributed by atoms with E-state index in [1.54, 1.807) is 0 Å². The van der Waals surface area contributed by atoms with Gasteiger partial charge in [-0.3, -0.25) is 0 Å². The minimum absolute atomic E-state index is 0.123. The Hall–Kier alpha value is -2.03. The fourth-order valence-corrected chi connectivity index (χ4v) is 3.00. The van der Waals surface area contributed by atoms with Gasteiger partial charge in [-0.1, -0.05) is 42.5 Å². The largest absolute Gasteiger partial charge is 0.320 e. The van der Waals surface area contributed by atoms with Crippen LogP contribution in [-0.2, 0) is 0 Å². The van der Waals surface area contributed by atoms with Crippen LogP contribution in [0.25, 0.3) is 10.8 Å². The van der Waals surface area contributed by atoms with Crippen LogP contribution in [0.4, 0.5) is 4.79 Å². The third kappa shape index (κ3) is 1.94. The molecular formula is C17H20N2O. The van der Waals surface area contributed by atoms with Gasteiger partial charge >= 0.3 is 6.03 Å². The highest BCUT2D eigenvalue weighted by molar-refractivity contribution is 5.87. The van der Waals surface area contributed by atoms with Crippen LogP contribution in [0, 0.1) is 0 Å². The van der Waals surface area contributed by atoms with Gasteiger partial charge in [-0.25, -0.2) is 4.79 Å². The number of carbonyl (C=O) groups is 1. The number of benzene rings is 2. The molecule has 1 unspecified atom stereocenters. The minimum atomic E-state index is 0.123. The zero-order valence-electron chi connectivity index (χ0n) is 12.2. The van der Waals surface area contributed by atoms with Crippen molar-refractivity contribution in [2.24, 2.45) is 0 Å². The average Bonchev–Trinajstić information content (AvgIpc) is 2.75. The predicted octanol–water partition coefficient (Wildman–Crippen LogP) is 3.66. The molecule has 3 rings (SSSR count). The molecular weight excluding hydrogens is 248 g/mol. The van der Waals surface area contributed by atoms with Crippen LogP contribution in [0.2, 0.25) is 0 Å². The molecule has 1 fully saturated rings. The van der Waals surface area contributed by atoms with Gasteiger partial charge in [0.05, 0.1) is 6.04 Å². The van der Waals surface area contributed by atoms with Crippen molar-refractivity contribution in [2.45, 2.75) is 25.9 Å². The highest BCUT2D eigenvalue weighted by atomic mass is 16.2. The normalized spacial score (nSPS) is 19.4. The van der Waals surface area contributed by atoms with Crippen LogP contribution in [0.3, 0.4) is 0 Å². The summed E-state index contributed by atoms with van der Waals surface area (Å²) < 4.78 is 0. The van der Waals surface area contributed by atoms with Crippen LogP contribution in [0.1, 0.15) is 25.5 Å². The van der Waals surface area contributed by atoms with Crippen molar-refractivity contribution in [3.8, 4) is 0 Å². The van der Waals surface area contributed by atoms with Gasteiger partial charge in [0.25, 0.3) is 0 Å². The second-order valence-electron chi connectivity index (χ2n) is 5.72. The number of fused-ring (bicyclic) bond motifs is 1. The number of hydrogen-bond donors (Lipinski definition) is 0. The number of likely N-dealkylation sites (N-methyl/N-ethyl adjacent to an activating group) is 1.